The number of nitrogens with zero attached hydrogens (tertiary/aromatic N) is 2. The minimum absolute atomic E-state index is 0.183. The Labute approximate surface area is 173 Å². The van der Waals surface area contributed by atoms with Crippen molar-refractivity contribution in [3.63, 3.8) is 0 Å². The molecular weight excluding hydrogens is 444 g/mol. The van der Waals surface area contributed by atoms with Crippen LogP contribution in [-0.2, 0) is 4.79 Å². The Morgan fingerprint density at radius 3 is 2.43 bits per heavy atom. The first kappa shape index (κ1) is 18.7. The molecule has 1 saturated heterocycles. The second-order valence-electron chi connectivity index (χ2n) is 6.15. The molecule has 6 nitrogen and oxygen atoms in total. The molecule has 0 saturated carbocycles. The number of carbonyl (C=O) groups excluding carboxylic acids is 2. The number of rotatable bonds is 4. The summed E-state index contributed by atoms with van der Waals surface area (Å²) >= 11 is 4.72. The Kier molecular flexibility index (Phi) is 5.17. The number of hydrogen-bond acceptors (Lipinski definition) is 5. The van der Waals surface area contributed by atoms with Gasteiger partial charge in [-0.05, 0) is 58.4 Å². The van der Waals surface area contributed by atoms with Crippen LogP contribution < -0.4 is 4.74 Å². The van der Waals surface area contributed by atoms with Crippen LogP contribution in [0.4, 0.5) is 0 Å². The van der Waals surface area contributed by atoms with E-state index in [1.165, 1.54) is 16.2 Å². The molecule has 1 atom stereocenters. The molecular formula is C20H15BrN2O4S. The Balaban J connectivity index is 1.55. The van der Waals surface area contributed by atoms with Gasteiger partial charge in [0.1, 0.15) is 18.0 Å². The number of ether oxygens (including phenoxy) is 1. The van der Waals surface area contributed by atoms with Gasteiger partial charge in [-0.25, -0.2) is 0 Å². The van der Waals surface area contributed by atoms with Gasteiger partial charge in [-0.15, -0.1) is 11.3 Å². The maximum atomic E-state index is 13.0. The Bertz CT molecular complexity index is 1010. The van der Waals surface area contributed by atoms with Crippen molar-refractivity contribution >= 4 is 39.1 Å². The van der Waals surface area contributed by atoms with Crippen LogP contribution in [0.2, 0.25) is 0 Å². The Hall–Kier alpha value is -2.68. The second-order valence-corrected chi connectivity index (χ2v) is 8.01. The minimum Gasteiger partial charge on any atom is -0.457 e. The average molecular weight is 459 g/mol. The highest BCUT2D eigenvalue weighted by molar-refractivity contribution is 9.10. The van der Waals surface area contributed by atoms with E-state index in [0.717, 1.165) is 4.47 Å². The number of para-hydroxylation sites is 1. The number of hydroxylamine groups is 2. The predicted octanol–water partition coefficient (Wildman–Crippen LogP) is 4.68. The van der Waals surface area contributed by atoms with Crippen LogP contribution in [-0.4, -0.2) is 33.5 Å². The van der Waals surface area contributed by atoms with Crippen LogP contribution in [0.25, 0.3) is 0 Å². The standard InChI is InChI=1S/C20H15BrN2O4S/c21-14-10-17(28-12-14)19-22(11-18(24)23(19)26)20(25)13-6-8-16(9-7-13)27-15-4-2-1-3-5-15/h1-10,12,19,26H,11H2. The van der Waals surface area contributed by atoms with E-state index in [2.05, 4.69) is 15.9 Å². The van der Waals surface area contributed by atoms with Gasteiger partial charge in [0, 0.05) is 15.4 Å². The number of benzene rings is 2. The number of thiophene rings is 1. The molecule has 0 radical (unpaired) electrons. The van der Waals surface area contributed by atoms with Crippen LogP contribution in [0.5, 0.6) is 11.5 Å². The fourth-order valence-electron chi connectivity index (χ4n) is 2.95. The van der Waals surface area contributed by atoms with E-state index >= 15 is 0 Å². The summed E-state index contributed by atoms with van der Waals surface area (Å²) in [5.74, 6) is 0.436. The molecule has 28 heavy (non-hydrogen) atoms. The van der Waals surface area contributed by atoms with Crippen LogP contribution in [0.1, 0.15) is 21.4 Å². The summed E-state index contributed by atoms with van der Waals surface area (Å²) in [5.41, 5.74) is 0.407. The van der Waals surface area contributed by atoms with Crippen molar-refractivity contribution in [3.8, 4) is 11.5 Å². The highest BCUT2D eigenvalue weighted by Gasteiger charge is 2.42. The maximum absolute atomic E-state index is 13.0. The lowest BCUT2D eigenvalue weighted by Gasteiger charge is -2.25. The number of carbonyl (C=O) groups is 2. The number of amides is 2. The van der Waals surface area contributed by atoms with E-state index in [9.17, 15) is 14.8 Å². The molecule has 2 aromatic carbocycles. The van der Waals surface area contributed by atoms with Crippen molar-refractivity contribution < 1.29 is 19.5 Å². The molecule has 2 amide bonds. The Morgan fingerprint density at radius 1 is 1.11 bits per heavy atom. The summed E-state index contributed by atoms with van der Waals surface area (Å²) in [6.07, 6.45) is -0.837. The summed E-state index contributed by atoms with van der Waals surface area (Å²) in [6.45, 7) is -0.183. The molecule has 3 aromatic rings. The van der Waals surface area contributed by atoms with Crippen molar-refractivity contribution in [3.05, 3.63) is 81.0 Å². The molecule has 2 heterocycles. The molecule has 1 aliphatic rings. The fraction of sp³-hybridized carbons (Fsp3) is 0.100. The molecule has 1 fully saturated rings. The molecule has 1 N–H and O–H groups in total. The van der Waals surface area contributed by atoms with Gasteiger partial charge in [0.25, 0.3) is 11.8 Å². The number of hydrogen-bond donors (Lipinski definition) is 1. The van der Waals surface area contributed by atoms with Gasteiger partial charge in [-0.3, -0.25) is 14.8 Å². The first-order valence-electron chi connectivity index (χ1n) is 8.42. The largest absolute Gasteiger partial charge is 0.457 e. The molecule has 1 aliphatic heterocycles. The van der Waals surface area contributed by atoms with Gasteiger partial charge in [0.2, 0.25) is 0 Å². The topological polar surface area (TPSA) is 70.1 Å². The van der Waals surface area contributed by atoms with Crippen LogP contribution in [0.15, 0.2) is 70.5 Å². The van der Waals surface area contributed by atoms with E-state index in [-0.39, 0.29) is 12.5 Å². The normalized spacial score (nSPS) is 16.5. The SMILES string of the molecule is O=C1CN(C(=O)c2ccc(Oc3ccccc3)cc2)C(c2cc(Br)cs2)N1O. The molecule has 4 rings (SSSR count). The molecule has 142 valence electrons. The van der Waals surface area contributed by atoms with E-state index in [0.29, 0.717) is 27.0 Å². The first-order chi connectivity index (χ1) is 13.5. The van der Waals surface area contributed by atoms with Crippen molar-refractivity contribution in [1.29, 1.82) is 0 Å². The van der Waals surface area contributed by atoms with Crippen molar-refractivity contribution in [2.24, 2.45) is 0 Å². The van der Waals surface area contributed by atoms with Gasteiger partial charge in [0.15, 0.2) is 6.17 Å². The maximum Gasteiger partial charge on any atom is 0.267 e. The first-order valence-corrected chi connectivity index (χ1v) is 10.1. The second kappa shape index (κ2) is 7.75. The average Bonchev–Trinajstić information content (AvgIpc) is 3.26. The van der Waals surface area contributed by atoms with Gasteiger partial charge in [0.05, 0.1) is 4.88 Å². The van der Waals surface area contributed by atoms with E-state index in [1.807, 2.05) is 35.7 Å². The smallest absolute Gasteiger partial charge is 0.267 e. The van der Waals surface area contributed by atoms with Crippen LogP contribution in [0.3, 0.4) is 0 Å². The monoisotopic (exact) mass is 458 g/mol. The van der Waals surface area contributed by atoms with Crippen molar-refractivity contribution in [2.45, 2.75) is 6.17 Å². The molecule has 0 aliphatic carbocycles. The molecule has 0 bridgehead atoms. The third-order valence-corrected chi connectivity index (χ3v) is 6.00. The zero-order valence-electron chi connectivity index (χ0n) is 14.5. The van der Waals surface area contributed by atoms with Gasteiger partial charge in [-0.2, -0.15) is 5.06 Å². The van der Waals surface area contributed by atoms with Crippen molar-refractivity contribution in [1.82, 2.24) is 9.96 Å². The van der Waals surface area contributed by atoms with E-state index in [1.54, 1.807) is 30.3 Å². The Morgan fingerprint density at radius 2 is 1.79 bits per heavy atom. The van der Waals surface area contributed by atoms with Gasteiger partial charge >= 0.3 is 0 Å². The highest BCUT2D eigenvalue weighted by atomic mass is 79.9. The molecule has 1 aromatic heterocycles. The molecule has 1 unspecified atom stereocenters. The highest BCUT2D eigenvalue weighted by Crippen LogP contribution is 2.36. The minimum atomic E-state index is -0.837. The fourth-order valence-corrected chi connectivity index (χ4v) is 4.49. The van der Waals surface area contributed by atoms with Gasteiger partial charge in [-0.1, -0.05) is 18.2 Å². The third kappa shape index (κ3) is 3.66. The zero-order chi connectivity index (χ0) is 19.7. The predicted molar refractivity (Wildman–Crippen MR) is 107 cm³/mol. The quantitative estimate of drug-likeness (QED) is 0.576. The summed E-state index contributed by atoms with van der Waals surface area (Å²) in [7, 11) is 0. The lowest BCUT2D eigenvalue weighted by atomic mass is 10.2. The van der Waals surface area contributed by atoms with Crippen LogP contribution >= 0.6 is 27.3 Å². The lowest BCUT2D eigenvalue weighted by Crippen LogP contribution is -2.33. The summed E-state index contributed by atoms with van der Waals surface area (Å²) in [4.78, 5) is 27.1. The summed E-state index contributed by atoms with van der Waals surface area (Å²) < 4.78 is 6.56. The van der Waals surface area contributed by atoms with Crippen LogP contribution in [0, 0.1) is 0 Å². The third-order valence-electron chi connectivity index (χ3n) is 4.27. The lowest BCUT2D eigenvalue weighted by molar-refractivity contribution is -0.168. The van der Waals surface area contributed by atoms with Gasteiger partial charge < -0.3 is 9.64 Å². The van der Waals surface area contributed by atoms with E-state index < -0.39 is 12.1 Å². The number of halogens is 1. The molecule has 8 heteroatoms. The zero-order valence-corrected chi connectivity index (χ0v) is 16.9. The van der Waals surface area contributed by atoms with E-state index in [4.69, 9.17) is 4.74 Å². The summed E-state index contributed by atoms with van der Waals surface area (Å²) in [5, 5.41) is 12.6. The molecule has 0 spiro atoms. The van der Waals surface area contributed by atoms with Crippen molar-refractivity contribution in [2.75, 3.05) is 6.54 Å². The summed E-state index contributed by atoms with van der Waals surface area (Å²) in [6, 6.07) is 17.8.